The molecule has 1 heterocycles. The topological polar surface area (TPSA) is 55.4 Å². The minimum Gasteiger partial charge on any atom is -0.462 e. The molecule has 1 amide bonds. The summed E-state index contributed by atoms with van der Waals surface area (Å²) in [6, 6.07) is 0. The summed E-state index contributed by atoms with van der Waals surface area (Å²) in [6.07, 6.45) is 9.83. The van der Waals surface area contributed by atoms with Crippen molar-refractivity contribution in [3.05, 3.63) is 16.0 Å². The van der Waals surface area contributed by atoms with Crippen LogP contribution >= 0.6 is 11.3 Å². The van der Waals surface area contributed by atoms with Crippen LogP contribution in [0.15, 0.2) is 0 Å². The summed E-state index contributed by atoms with van der Waals surface area (Å²) < 4.78 is 5.33. The molecule has 152 valence electrons. The molecule has 5 aliphatic rings. The molecule has 1 aromatic heterocycles. The lowest BCUT2D eigenvalue weighted by molar-refractivity contribution is -0.165. The normalized spacial score (nSPS) is 37.8. The Morgan fingerprint density at radius 3 is 2.46 bits per heavy atom. The molecule has 4 fully saturated rings. The van der Waals surface area contributed by atoms with Crippen molar-refractivity contribution < 1.29 is 14.3 Å². The lowest BCUT2D eigenvalue weighted by Gasteiger charge is -2.64. The van der Waals surface area contributed by atoms with Gasteiger partial charge in [0, 0.05) is 4.88 Å². The van der Waals surface area contributed by atoms with Crippen molar-refractivity contribution in [1.29, 1.82) is 0 Å². The molecular formula is C23H31NO3S. The summed E-state index contributed by atoms with van der Waals surface area (Å²) in [6.45, 7) is 6.97. The van der Waals surface area contributed by atoms with E-state index >= 15 is 0 Å². The number of hydrogen-bond donors (Lipinski definition) is 1. The summed E-state index contributed by atoms with van der Waals surface area (Å²) in [5, 5.41) is 3.98. The number of amides is 1. The van der Waals surface area contributed by atoms with Crippen LogP contribution in [0.3, 0.4) is 0 Å². The summed E-state index contributed by atoms with van der Waals surface area (Å²) >= 11 is 1.60. The van der Waals surface area contributed by atoms with E-state index in [1.54, 1.807) is 11.3 Å². The summed E-state index contributed by atoms with van der Waals surface area (Å²) in [5.41, 5.74) is 2.08. The molecule has 1 aromatic rings. The number of anilines is 1. The molecule has 5 aliphatic carbocycles. The smallest absolute Gasteiger partial charge is 0.341 e. The first kappa shape index (κ1) is 18.7. The minimum atomic E-state index is -0.276. The number of hydrogen-bond acceptors (Lipinski definition) is 4. The fourth-order valence-corrected chi connectivity index (χ4v) is 9.12. The second-order valence-electron chi connectivity index (χ2n) is 10.6. The van der Waals surface area contributed by atoms with E-state index in [-0.39, 0.29) is 17.3 Å². The van der Waals surface area contributed by atoms with Crippen LogP contribution in [0, 0.1) is 22.2 Å². The van der Waals surface area contributed by atoms with Gasteiger partial charge in [0.2, 0.25) is 5.91 Å². The molecule has 0 saturated heterocycles. The van der Waals surface area contributed by atoms with Crippen LogP contribution in [0.1, 0.15) is 86.5 Å². The first-order valence-corrected chi connectivity index (χ1v) is 11.7. The number of esters is 1. The SMILES string of the molecule is CCOC(=O)c1c(NC(=O)C23CC4C[C@](C)(C2)C[C@](C)(C4)C3)sc2c1CCC2. The van der Waals surface area contributed by atoms with E-state index in [0.29, 0.717) is 28.9 Å². The van der Waals surface area contributed by atoms with Gasteiger partial charge in [-0.2, -0.15) is 0 Å². The molecule has 4 bridgehead atoms. The largest absolute Gasteiger partial charge is 0.462 e. The van der Waals surface area contributed by atoms with Crippen LogP contribution in [-0.4, -0.2) is 18.5 Å². The first-order valence-electron chi connectivity index (χ1n) is 10.9. The Hall–Kier alpha value is -1.36. The first-order chi connectivity index (χ1) is 13.2. The van der Waals surface area contributed by atoms with E-state index < -0.39 is 0 Å². The highest BCUT2D eigenvalue weighted by molar-refractivity contribution is 7.17. The van der Waals surface area contributed by atoms with E-state index in [1.807, 2.05) is 6.92 Å². The number of carbonyl (C=O) groups is 2. The third-order valence-electron chi connectivity index (χ3n) is 7.74. The monoisotopic (exact) mass is 401 g/mol. The van der Waals surface area contributed by atoms with Crippen molar-refractivity contribution in [3.8, 4) is 0 Å². The van der Waals surface area contributed by atoms with Gasteiger partial charge >= 0.3 is 5.97 Å². The van der Waals surface area contributed by atoms with Crippen molar-refractivity contribution in [2.45, 2.75) is 78.6 Å². The van der Waals surface area contributed by atoms with Crippen molar-refractivity contribution >= 4 is 28.2 Å². The quantitative estimate of drug-likeness (QED) is 0.692. The van der Waals surface area contributed by atoms with E-state index in [0.717, 1.165) is 49.1 Å². The number of ether oxygens (including phenoxy) is 1. The lowest BCUT2D eigenvalue weighted by atomic mass is 9.40. The minimum absolute atomic E-state index is 0.152. The van der Waals surface area contributed by atoms with Gasteiger partial charge in [-0.15, -0.1) is 11.3 Å². The van der Waals surface area contributed by atoms with Crippen molar-refractivity contribution in [2.24, 2.45) is 22.2 Å². The van der Waals surface area contributed by atoms with Crippen LogP contribution < -0.4 is 5.32 Å². The Labute approximate surface area is 171 Å². The molecule has 1 N–H and O–H groups in total. The van der Waals surface area contributed by atoms with E-state index in [2.05, 4.69) is 19.2 Å². The van der Waals surface area contributed by atoms with Gasteiger partial charge in [0.1, 0.15) is 5.00 Å². The number of fused-ring (bicyclic) bond motifs is 1. The Balaban J connectivity index is 1.46. The molecule has 0 spiro atoms. The lowest BCUT2D eigenvalue weighted by Crippen LogP contribution is -2.58. The predicted octanol–water partition coefficient (Wildman–Crippen LogP) is 5.35. The Bertz CT molecular complexity index is 838. The van der Waals surface area contributed by atoms with Gasteiger partial charge in [0.15, 0.2) is 0 Å². The van der Waals surface area contributed by atoms with Crippen LogP contribution in [0.4, 0.5) is 5.00 Å². The highest BCUT2D eigenvalue weighted by Crippen LogP contribution is 2.69. The van der Waals surface area contributed by atoms with Gasteiger partial charge in [0.25, 0.3) is 0 Å². The summed E-state index contributed by atoms with van der Waals surface area (Å²) in [7, 11) is 0. The van der Waals surface area contributed by atoms with Crippen molar-refractivity contribution in [2.75, 3.05) is 11.9 Å². The highest BCUT2D eigenvalue weighted by atomic mass is 32.1. The number of rotatable bonds is 4. The third-order valence-corrected chi connectivity index (χ3v) is 8.94. The maximum Gasteiger partial charge on any atom is 0.341 e. The molecule has 4 saturated carbocycles. The predicted molar refractivity (Wildman–Crippen MR) is 111 cm³/mol. The number of aryl methyl sites for hydroxylation is 1. The molecule has 4 nitrogen and oxygen atoms in total. The van der Waals surface area contributed by atoms with Crippen molar-refractivity contribution in [3.63, 3.8) is 0 Å². The maximum atomic E-state index is 13.7. The zero-order valence-electron chi connectivity index (χ0n) is 17.3. The number of thiophene rings is 1. The van der Waals surface area contributed by atoms with Crippen LogP contribution in [0.5, 0.6) is 0 Å². The van der Waals surface area contributed by atoms with Gasteiger partial charge in [-0.1, -0.05) is 13.8 Å². The summed E-state index contributed by atoms with van der Waals surface area (Å²) in [5.74, 6) is 0.552. The molecule has 0 aromatic carbocycles. The van der Waals surface area contributed by atoms with Crippen molar-refractivity contribution in [1.82, 2.24) is 0 Å². The van der Waals surface area contributed by atoms with Crippen LogP contribution in [0.25, 0.3) is 0 Å². The van der Waals surface area contributed by atoms with E-state index in [4.69, 9.17) is 4.74 Å². The average Bonchev–Trinajstić information content (AvgIpc) is 3.11. The van der Waals surface area contributed by atoms with E-state index in [9.17, 15) is 9.59 Å². The highest BCUT2D eigenvalue weighted by Gasteiger charge is 2.62. The second-order valence-corrected chi connectivity index (χ2v) is 11.8. The summed E-state index contributed by atoms with van der Waals surface area (Å²) in [4.78, 5) is 27.6. The molecule has 0 aliphatic heterocycles. The zero-order valence-corrected chi connectivity index (χ0v) is 18.1. The number of nitrogens with one attached hydrogen (secondary N) is 1. The molecule has 5 heteroatoms. The van der Waals surface area contributed by atoms with Gasteiger partial charge in [-0.05, 0) is 87.0 Å². The van der Waals surface area contributed by atoms with Gasteiger partial charge in [-0.3, -0.25) is 4.79 Å². The molecule has 2 atom stereocenters. The maximum absolute atomic E-state index is 13.7. The van der Waals surface area contributed by atoms with Gasteiger partial charge < -0.3 is 10.1 Å². The molecule has 0 unspecified atom stereocenters. The standard InChI is InChI=1S/C23H31NO3S/c1-4-27-19(25)17-15-6-5-7-16(15)28-18(17)24-20(26)23-10-14-8-21(2,12-23)11-22(3,9-14)13-23/h14H,4-13H2,1-3H3,(H,24,26)/t14?,21-,22-,23?/m0/s1. The Morgan fingerprint density at radius 2 is 1.82 bits per heavy atom. The average molecular weight is 402 g/mol. The molecule has 6 rings (SSSR count). The molecule has 28 heavy (non-hydrogen) atoms. The van der Waals surface area contributed by atoms with Gasteiger partial charge in [-0.25, -0.2) is 4.79 Å². The Morgan fingerprint density at radius 1 is 1.11 bits per heavy atom. The molecule has 0 radical (unpaired) electrons. The third kappa shape index (κ3) is 2.76. The van der Waals surface area contributed by atoms with Gasteiger partial charge in [0.05, 0.1) is 17.6 Å². The van der Waals surface area contributed by atoms with Crippen LogP contribution in [-0.2, 0) is 22.4 Å². The number of carbonyl (C=O) groups excluding carboxylic acids is 2. The second kappa shape index (κ2) is 6.07. The Kier molecular flexibility index (Phi) is 4.04. The molecular weight excluding hydrogens is 370 g/mol. The fraction of sp³-hybridized carbons (Fsp3) is 0.739. The van der Waals surface area contributed by atoms with Crippen LogP contribution in [0.2, 0.25) is 0 Å². The fourth-order valence-electron chi connectivity index (χ4n) is 7.85. The van der Waals surface area contributed by atoms with E-state index in [1.165, 1.54) is 24.1 Å². The zero-order chi connectivity index (χ0) is 19.7.